The molecule has 0 bridgehead atoms. The van der Waals surface area contributed by atoms with E-state index < -0.39 is 16.8 Å². The van der Waals surface area contributed by atoms with Gasteiger partial charge in [-0.25, -0.2) is 9.78 Å². The summed E-state index contributed by atoms with van der Waals surface area (Å²) in [6.07, 6.45) is 1.37. The number of nitrogens with zero attached hydrogens (tertiary/aromatic N) is 4. The standard InChI is InChI=1S/C27H25F3N5O3/c28-27(29,30)26(36)38-35(18-32-23-24(35)21-7-1-2-8-22(21)33-25(23)31)15-17-37-16-5-6-19-9-11-20(12-10-19)34-13-3-4-14-34/h1-4,7-14,18H,5-6,15-17H2,(H2,31,33)/q+1. The zero-order chi connectivity index (χ0) is 26.8. The maximum atomic E-state index is 13.2. The fourth-order valence-electron chi connectivity index (χ4n) is 4.43. The third-order valence-corrected chi connectivity index (χ3v) is 6.26. The molecular formula is C27H25F3N5O3+. The Morgan fingerprint density at radius 3 is 2.47 bits per heavy atom. The molecular weight excluding hydrogens is 499 g/mol. The molecule has 0 saturated carbocycles. The van der Waals surface area contributed by atoms with Crippen molar-refractivity contribution in [3.63, 3.8) is 0 Å². The first-order valence-electron chi connectivity index (χ1n) is 12.0. The van der Waals surface area contributed by atoms with Crippen LogP contribution < -0.4 is 10.4 Å². The minimum Gasteiger partial charge on any atom is -0.382 e. The summed E-state index contributed by atoms with van der Waals surface area (Å²) in [5.74, 6) is -2.30. The summed E-state index contributed by atoms with van der Waals surface area (Å²) in [5.41, 5.74) is 9.07. The highest BCUT2D eigenvalue weighted by Gasteiger charge is 2.52. The van der Waals surface area contributed by atoms with Crippen molar-refractivity contribution in [3.05, 3.63) is 78.6 Å². The molecule has 5 rings (SSSR count). The lowest BCUT2D eigenvalue weighted by atomic mass is 10.1. The monoisotopic (exact) mass is 524 g/mol. The highest BCUT2D eigenvalue weighted by molar-refractivity contribution is 6.07. The number of anilines is 1. The molecule has 0 radical (unpaired) electrons. The summed E-state index contributed by atoms with van der Waals surface area (Å²) in [4.78, 5) is 25.4. The quantitative estimate of drug-likeness (QED) is 0.238. The second kappa shape index (κ2) is 10.3. The molecule has 196 valence electrons. The van der Waals surface area contributed by atoms with E-state index in [1.54, 1.807) is 24.3 Å². The molecule has 4 aromatic rings. The number of hydrogen-bond acceptors (Lipinski definition) is 6. The van der Waals surface area contributed by atoms with Gasteiger partial charge in [-0.3, -0.25) is 4.84 Å². The van der Waals surface area contributed by atoms with Gasteiger partial charge in [-0.15, -0.1) is 0 Å². The maximum absolute atomic E-state index is 13.2. The van der Waals surface area contributed by atoms with Crippen molar-refractivity contribution in [2.75, 3.05) is 25.5 Å². The second-order valence-corrected chi connectivity index (χ2v) is 8.82. The molecule has 1 aliphatic rings. The summed E-state index contributed by atoms with van der Waals surface area (Å²) in [6, 6.07) is 18.9. The number of carbonyl (C=O) groups excluding carboxylic acids is 1. The van der Waals surface area contributed by atoms with Gasteiger partial charge in [0.2, 0.25) is 12.0 Å². The molecule has 1 aliphatic heterocycles. The summed E-state index contributed by atoms with van der Waals surface area (Å²) in [6.45, 7) is 0.257. The zero-order valence-corrected chi connectivity index (χ0v) is 20.3. The van der Waals surface area contributed by atoms with Gasteiger partial charge in [0.1, 0.15) is 6.61 Å². The lowest BCUT2D eigenvalue weighted by molar-refractivity contribution is -0.222. The van der Waals surface area contributed by atoms with Crippen LogP contribution in [-0.4, -0.2) is 47.8 Å². The number of fused-ring (bicyclic) bond motifs is 3. The SMILES string of the molecule is Nc1nc2ccccc2c2c1N=C[N+]2(CCOCCCc1ccc(-n2cccc2)cc1)OC(=O)C(F)(F)F. The molecule has 0 spiro atoms. The van der Waals surface area contributed by atoms with Crippen LogP contribution in [0.3, 0.4) is 0 Å². The molecule has 8 nitrogen and oxygen atoms in total. The first kappa shape index (κ1) is 25.4. The van der Waals surface area contributed by atoms with E-state index in [1.165, 1.54) is 0 Å². The normalized spacial score (nSPS) is 16.6. The summed E-state index contributed by atoms with van der Waals surface area (Å²) < 4.78 is 46.4. The van der Waals surface area contributed by atoms with Crippen molar-refractivity contribution >= 4 is 40.4 Å². The highest BCUT2D eigenvalue weighted by atomic mass is 19.4. The molecule has 11 heteroatoms. The van der Waals surface area contributed by atoms with E-state index in [-0.39, 0.29) is 30.3 Å². The van der Waals surface area contributed by atoms with Crippen LogP contribution in [0.2, 0.25) is 0 Å². The van der Waals surface area contributed by atoms with Crippen LogP contribution in [0.1, 0.15) is 12.0 Å². The number of nitrogen functional groups attached to an aromatic ring is 1. The largest absolute Gasteiger partial charge is 0.497 e. The van der Waals surface area contributed by atoms with Gasteiger partial charge in [0.25, 0.3) is 0 Å². The number of rotatable bonds is 9. The molecule has 0 amide bonds. The van der Waals surface area contributed by atoms with E-state index in [1.807, 2.05) is 53.4 Å². The van der Waals surface area contributed by atoms with Gasteiger partial charge in [0.15, 0.2) is 18.1 Å². The molecule has 2 aromatic heterocycles. The van der Waals surface area contributed by atoms with Gasteiger partial charge in [-0.2, -0.15) is 18.2 Å². The molecule has 0 saturated heterocycles. The summed E-state index contributed by atoms with van der Waals surface area (Å²) in [7, 11) is 0. The highest BCUT2D eigenvalue weighted by Crippen LogP contribution is 2.46. The molecule has 0 aliphatic carbocycles. The number of benzene rings is 2. The Morgan fingerprint density at radius 2 is 1.74 bits per heavy atom. The number of hydrogen-bond donors (Lipinski definition) is 1. The Labute approximate surface area is 216 Å². The number of aliphatic imine (C=N–C) groups is 1. The number of pyridine rings is 1. The predicted molar refractivity (Wildman–Crippen MR) is 138 cm³/mol. The van der Waals surface area contributed by atoms with E-state index >= 15 is 0 Å². The summed E-state index contributed by atoms with van der Waals surface area (Å²) >= 11 is 0. The molecule has 38 heavy (non-hydrogen) atoms. The van der Waals surface area contributed by atoms with Gasteiger partial charge >= 0.3 is 12.1 Å². The van der Waals surface area contributed by atoms with Crippen LogP contribution in [0.25, 0.3) is 16.6 Å². The zero-order valence-electron chi connectivity index (χ0n) is 20.3. The lowest BCUT2D eigenvalue weighted by Gasteiger charge is -2.28. The topological polar surface area (TPSA) is 91.7 Å². The summed E-state index contributed by atoms with van der Waals surface area (Å²) in [5, 5.41) is 0.479. The molecule has 1 atom stereocenters. The first-order chi connectivity index (χ1) is 18.3. The van der Waals surface area contributed by atoms with E-state index in [9.17, 15) is 18.0 Å². The molecule has 2 N–H and O–H groups in total. The Morgan fingerprint density at radius 1 is 1.00 bits per heavy atom. The minimum atomic E-state index is -5.19. The van der Waals surface area contributed by atoms with E-state index in [0.717, 1.165) is 24.0 Å². The number of halogens is 3. The number of aromatic nitrogens is 2. The minimum absolute atomic E-state index is 0.0136. The van der Waals surface area contributed by atoms with Crippen molar-refractivity contribution in [3.8, 4) is 5.69 Å². The second-order valence-electron chi connectivity index (χ2n) is 8.82. The molecule has 1 unspecified atom stereocenters. The van der Waals surface area contributed by atoms with Crippen LogP contribution >= 0.6 is 0 Å². The number of para-hydroxylation sites is 1. The van der Waals surface area contributed by atoms with Gasteiger partial charge in [-0.05, 0) is 54.8 Å². The van der Waals surface area contributed by atoms with Crippen molar-refractivity contribution in [2.24, 2.45) is 4.99 Å². The van der Waals surface area contributed by atoms with Crippen LogP contribution in [0.4, 0.5) is 30.4 Å². The smallest absolute Gasteiger partial charge is 0.382 e. The van der Waals surface area contributed by atoms with Crippen molar-refractivity contribution in [1.29, 1.82) is 0 Å². The Hall–Kier alpha value is -4.22. The fraction of sp³-hybridized carbons (Fsp3) is 0.222. The third-order valence-electron chi connectivity index (χ3n) is 6.26. The number of nitrogens with two attached hydrogens (primary N) is 1. The maximum Gasteiger partial charge on any atom is 0.497 e. The fourth-order valence-corrected chi connectivity index (χ4v) is 4.43. The average Bonchev–Trinajstić information content (AvgIpc) is 3.56. The molecule has 0 fully saturated rings. The number of alkyl halides is 3. The lowest BCUT2D eigenvalue weighted by Crippen LogP contribution is -2.52. The van der Waals surface area contributed by atoms with E-state index in [2.05, 4.69) is 9.98 Å². The van der Waals surface area contributed by atoms with Crippen LogP contribution in [0.5, 0.6) is 0 Å². The van der Waals surface area contributed by atoms with Gasteiger partial charge in [0, 0.05) is 24.7 Å². The Bertz CT molecular complexity index is 1470. The number of ether oxygens (including phenoxy) is 1. The molecule has 3 heterocycles. The number of quaternary nitrogens is 1. The van der Waals surface area contributed by atoms with Gasteiger partial charge < -0.3 is 15.0 Å². The number of carbonyl (C=O) groups is 1. The number of aryl methyl sites for hydroxylation is 1. The Balaban J connectivity index is 1.26. The third kappa shape index (κ3) is 5.11. The van der Waals surface area contributed by atoms with Crippen LogP contribution in [0, 0.1) is 0 Å². The van der Waals surface area contributed by atoms with E-state index in [0.29, 0.717) is 23.9 Å². The first-order valence-corrected chi connectivity index (χ1v) is 12.0. The van der Waals surface area contributed by atoms with Crippen molar-refractivity contribution in [1.82, 2.24) is 14.2 Å². The van der Waals surface area contributed by atoms with E-state index in [4.69, 9.17) is 15.3 Å². The predicted octanol–water partition coefficient (Wildman–Crippen LogP) is 5.26. The number of hydroxylamine groups is 2. The van der Waals surface area contributed by atoms with Crippen LogP contribution in [0.15, 0.2) is 78.0 Å². The van der Waals surface area contributed by atoms with Crippen molar-refractivity contribution < 1.29 is 27.5 Å². The Kier molecular flexibility index (Phi) is 6.87. The van der Waals surface area contributed by atoms with Crippen LogP contribution in [-0.2, 0) is 20.8 Å². The average molecular weight is 525 g/mol. The van der Waals surface area contributed by atoms with Gasteiger partial charge in [0.05, 0.1) is 10.9 Å². The molecule has 2 aromatic carbocycles. The van der Waals surface area contributed by atoms with Gasteiger partial charge in [-0.1, -0.05) is 28.9 Å². The van der Waals surface area contributed by atoms with Crippen molar-refractivity contribution in [2.45, 2.75) is 19.0 Å².